The van der Waals surface area contributed by atoms with E-state index in [1.165, 1.54) is 0 Å². The first-order chi connectivity index (χ1) is 8.10. The van der Waals surface area contributed by atoms with Crippen molar-refractivity contribution in [3.8, 4) is 0 Å². The van der Waals surface area contributed by atoms with E-state index in [9.17, 15) is 4.79 Å². The van der Waals surface area contributed by atoms with E-state index in [-0.39, 0.29) is 18.1 Å². The fourth-order valence-electron chi connectivity index (χ4n) is 3.50. The maximum Gasteiger partial charge on any atom is 0.241 e. The first kappa shape index (κ1) is 13.9. The lowest BCUT2D eigenvalue weighted by Crippen LogP contribution is -2.37. The Morgan fingerprint density at radius 3 is 2.06 bits per heavy atom. The van der Waals surface area contributed by atoms with Crippen molar-refractivity contribution >= 4 is 5.91 Å². The van der Waals surface area contributed by atoms with Gasteiger partial charge in [0.25, 0.3) is 0 Å². The molecular formula is C15H28N2O. The third-order valence-corrected chi connectivity index (χ3v) is 5.80. The Hall–Kier alpha value is -0.570. The van der Waals surface area contributed by atoms with E-state index in [1.54, 1.807) is 0 Å². The summed E-state index contributed by atoms with van der Waals surface area (Å²) in [4.78, 5) is 14.5. The molecule has 1 N–H and O–H groups in total. The fourth-order valence-corrected chi connectivity index (χ4v) is 3.50. The molecule has 1 amide bonds. The van der Waals surface area contributed by atoms with Gasteiger partial charge in [-0.3, -0.25) is 10.1 Å². The Labute approximate surface area is 111 Å². The molecule has 3 nitrogen and oxygen atoms in total. The molecule has 3 heteroatoms. The lowest BCUT2D eigenvalue weighted by Gasteiger charge is -2.22. The van der Waals surface area contributed by atoms with Crippen molar-refractivity contribution in [3.05, 3.63) is 0 Å². The van der Waals surface area contributed by atoms with Crippen LogP contribution in [0.1, 0.15) is 48.5 Å². The SMILES string of the molecule is CC(C)C1NC(C)N(CC2C(C)(C)C2(C)C)C1=O. The number of rotatable bonds is 3. The minimum atomic E-state index is 0.00461. The number of carbonyl (C=O) groups is 1. The maximum absolute atomic E-state index is 12.4. The summed E-state index contributed by atoms with van der Waals surface area (Å²) in [5.74, 6) is 1.27. The smallest absolute Gasteiger partial charge is 0.241 e. The summed E-state index contributed by atoms with van der Waals surface area (Å²) in [6, 6.07) is 0.00461. The van der Waals surface area contributed by atoms with Gasteiger partial charge < -0.3 is 4.90 Å². The summed E-state index contributed by atoms with van der Waals surface area (Å²) in [6.07, 6.45) is 0.178. The number of hydrogen-bond donors (Lipinski definition) is 1. The van der Waals surface area contributed by atoms with E-state index < -0.39 is 0 Å². The standard InChI is InChI=1S/C15H28N2O/c1-9(2)12-13(18)17(10(3)16-12)8-11-14(4,5)15(11,6)7/h9-12,16H,8H2,1-7H3. The molecule has 0 spiro atoms. The number of nitrogens with zero attached hydrogens (tertiary/aromatic N) is 1. The highest BCUT2D eigenvalue weighted by Crippen LogP contribution is 2.68. The minimum Gasteiger partial charge on any atom is -0.326 e. The fraction of sp³-hybridized carbons (Fsp3) is 0.933. The molecule has 2 unspecified atom stereocenters. The topological polar surface area (TPSA) is 32.3 Å². The molecule has 18 heavy (non-hydrogen) atoms. The molecule has 104 valence electrons. The van der Waals surface area contributed by atoms with Crippen LogP contribution in [-0.2, 0) is 4.79 Å². The summed E-state index contributed by atoms with van der Waals surface area (Å²) < 4.78 is 0. The van der Waals surface area contributed by atoms with Gasteiger partial charge in [-0.25, -0.2) is 0 Å². The van der Waals surface area contributed by atoms with Crippen LogP contribution in [0.15, 0.2) is 0 Å². The molecule has 0 radical (unpaired) electrons. The van der Waals surface area contributed by atoms with Gasteiger partial charge in [0.2, 0.25) is 5.91 Å². The Balaban J connectivity index is 2.06. The first-order valence-electron chi connectivity index (χ1n) is 7.17. The molecule has 0 aromatic carbocycles. The third kappa shape index (κ3) is 1.78. The van der Waals surface area contributed by atoms with E-state index in [4.69, 9.17) is 0 Å². The van der Waals surface area contributed by atoms with Crippen molar-refractivity contribution < 1.29 is 4.79 Å². The van der Waals surface area contributed by atoms with Gasteiger partial charge >= 0.3 is 0 Å². The Kier molecular flexibility index (Phi) is 3.05. The maximum atomic E-state index is 12.4. The molecule has 0 aromatic heterocycles. The van der Waals surface area contributed by atoms with E-state index in [1.807, 2.05) is 4.90 Å². The number of amides is 1. The highest BCUT2D eigenvalue weighted by atomic mass is 16.2. The number of hydrogen-bond acceptors (Lipinski definition) is 2. The Bertz CT molecular complexity index is 346. The molecule has 1 saturated carbocycles. The van der Waals surface area contributed by atoms with Gasteiger partial charge in [0, 0.05) is 6.54 Å². The summed E-state index contributed by atoms with van der Waals surface area (Å²) in [5.41, 5.74) is 0.700. The van der Waals surface area contributed by atoms with Gasteiger partial charge in [-0.1, -0.05) is 41.5 Å². The highest BCUT2D eigenvalue weighted by molar-refractivity contribution is 5.84. The zero-order valence-electron chi connectivity index (χ0n) is 12.9. The van der Waals surface area contributed by atoms with Crippen molar-refractivity contribution in [2.45, 2.75) is 60.7 Å². The summed E-state index contributed by atoms with van der Waals surface area (Å²) in [5, 5.41) is 3.42. The number of nitrogens with one attached hydrogen (secondary N) is 1. The predicted octanol–water partition coefficient (Wildman–Crippen LogP) is 2.47. The largest absolute Gasteiger partial charge is 0.326 e. The van der Waals surface area contributed by atoms with Crippen LogP contribution in [0.25, 0.3) is 0 Å². The van der Waals surface area contributed by atoms with Crippen LogP contribution in [0.3, 0.4) is 0 Å². The molecule has 0 bridgehead atoms. The molecule has 0 aromatic rings. The lowest BCUT2D eigenvalue weighted by molar-refractivity contribution is -0.130. The first-order valence-corrected chi connectivity index (χ1v) is 7.17. The average Bonchev–Trinajstić information content (AvgIpc) is 2.51. The van der Waals surface area contributed by atoms with E-state index >= 15 is 0 Å². The van der Waals surface area contributed by atoms with Crippen LogP contribution >= 0.6 is 0 Å². The molecule has 2 rings (SSSR count). The van der Waals surface area contributed by atoms with Crippen molar-refractivity contribution in [3.63, 3.8) is 0 Å². The molecule has 1 aliphatic carbocycles. The van der Waals surface area contributed by atoms with E-state index in [0.717, 1.165) is 6.54 Å². The second-order valence-corrected chi connectivity index (χ2v) is 7.55. The van der Waals surface area contributed by atoms with Crippen molar-refractivity contribution in [2.24, 2.45) is 22.7 Å². The van der Waals surface area contributed by atoms with E-state index in [0.29, 0.717) is 22.7 Å². The van der Waals surface area contributed by atoms with Crippen LogP contribution in [-0.4, -0.2) is 29.6 Å². The van der Waals surface area contributed by atoms with Crippen LogP contribution in [0.2, 0.25) is 0 Å². The zero-order chi connectivity index (χ0) is 13.9. The van der Waals surface area contributed by atoms with Crippen LogP contribution < -0.4 is 5.32 Å². The van der Waals surface area contributed by atoms with Gasteiger partial charge in [0.15, 0.2) is 0 Å². The highest BCUT2D eigenvalue weighted by Gasteiger charge is 2.65. The second-order valence-electron chi connectivity index (χ2n) is 7.55. The van der Waals surface area contributed by atoms with Gasteiger partial charge in [0.1, 0.15) is 0 Å². The summed E-state index contributed by atoms with van der Waals surface area (Å²) >= 11 is 0. The van der Waals surface area contributed by atoms with Crippen molar-refractivity contribution in [1.29, 1.82) is 0 Å². The van der Waals surface area contributed by atoms with Crippen LogP contribution in [0, 0.1) is 22.7 Å². The summed E-state index contributed by atoms with van der Waals surface area (Å²) in [7, 11) is 0. The molecule has 2 atom stereocenters. The zero-order valence-corrected chi connectivity index (χ0v) is 12.9. The average molecular weight is 252 g/mol. The lowest BCUT2D eigenvalue weighted by atomic mass is 10.0. The van der Waals surface area contributed by atoms with Gasteiger partial charge in [-0.2, -0.15) is 0 Å². The minimum absolute atomic E-state index is 0.00461. The van der Waals surface area contributed by atoms with Crippen LogP contribution in [0.4, 0.5) is 0 Å². The molecule has 2 fully saturated rings. The number of carbonyl (C=O) groups excluding carboxylic acids is 1. The van der Waals surface area contributed by atoms with Gasteiger partial charge in [0.05, 0.1) is 12.2 Å². The molecular weight excluding hydrogens is 224 g/mol. The molecule has 1 heterocycles. The van der Waals surface area contributed by atoms with Crippen molar-refractivity contribution in [2.75, 3.05) is 6.54 Å². The third-order valence-electron chi connectivity index (χ3n) is 5.80. The Morgan fingerprint density at radius 1 is 1.22 bits per heavy atom. The Morgan fingerprint density at radius 2 is 1.72 bits per heavy atom. The quantitative estimate of drug-likeness (QED) is 0.837. The molecule has 1 saturated heterocycles. The van der Waals surface area contributed by atoms with E-state index in [2.05, 4.69) is 53.8 Å². The monoisotopic (exact) mass is 252 g/mol. The predicted molar refractivity (Wildman–Crippen MR) is 74.0 cm³/mol. The molecule has 1 aliphatic heterocycles. The van der Waals surface area contributed by atoms with Crippen molar-refractivity contribution in [1.82, 2.24) is 10.2 Å². The van der Waals surface area contributed by atoms with Crippen LogP contribution in [0.5, 0.6) is 0 Å². The summed E-state index contributed by atoms with van der Waals surface area (Å²) in [6.45, 7) is 16.5. The van der Waals surface area contributed by atoms with Gasteiger partial charge in [-0.15, -0.1) is 0 Å². The normalized spacial score (nSPS) is 34.4. The van der Waals surface area contributed by atoms with Gasteiger partial charge in [-0.05, 0) is 29.6 Å². The molecule has 2 aliphatic rings. The second kappa shape index (κ2) is 3.96.